The Labute approximate surface area is 231 Å². The number of esters is 1. The van der Waals surface area contributed by atoms with Crippen LogP contribution in [0.4, 0.5) is 11.4 Å². The zero-order valence-corrected chi connectivity index (χ0v) is 23.2. The van der Waals surface area contributed by atoms with Gasteiger partial charge >= 0.3 is 5.97 Å². The van der Waals surface area contributed by atoms with Gasteiger partial charge in [0.05, 0.1) is 29.4 Å². The van der Waals surface area contributed by atoms with Crippen molar-refractivity contribution in [2.24, 2.45) is 11.8 Å². The molecule has 1 unspecified atom stereocenters. The fourth-order valence-corrected chi connectivity index (χ4v) is 5.14. The van der Waals surface area contributed by atoms with Gasteiger partial charge in [0.15, 0.2) is 0 Å². The largest absolute Gasteiger partial charge is 0.463 e. The Morgan fingerprint density at radius 1 is 0.872 bits per heavy atom. The predicted molar refractivity (Wildman–Crippen MR) is 156 cm³/mol. The predicted octanol–water partition coefficient (Wildman–Crippen LogP) is 5.91. The van der Waals surface area contributed by atoms with Crippen LogP contribution in [-0.4, -0.2) is 42.5 Å². The van der Waals surface area contributed by atoms with Crippen LogP contribution in [0, 0.1) is 25.7 Å². The molecule has 0 spiro atoms. The molecule has 39 heavy (non-hydrogen) atoms. The molecule has 1 aliphatic carbocycles. The molecule has 6 heteroatoms. The number of aryl methyl sites for hydroxylation is 2. The van der Waals surface area contributed by atoms with Crippen LogP contribution in [0.2, 0.25) is 0 Å². The lowest BCUT2D eigenvalue weighted by Crippen LogP contribution is -2.53. The van der Waals surface area contributed by atoms with Gasteiger partial charge in [-0.3, -0.25) is 9.59 Å². The summed E-state index contributed by atoms with van der Waals surface area (Å²) in [4.78, 5) is 25.9. The summed E-state index contributed by atoms with van der Waals surface area (Å²) in [5, 5.41) is 7.52. The number of ether oxygens (including phenoxy) is 1. The van der Waals surface area contributed by atoms with Crippen molar-refractivity contribution in [3.05, 3.63) is 95.1 Å². The fraction of sp³-hybridized carbons (Fsp3) is 0.394. The van der Waals surface area contributed by atoms with E-state index in [-0.39, 0.29) is 36.5 Å². The smallest absolute Gasteiger partial charge is 0.312 e. The minimum atomic E-state index is -0.239. The van der Waals surface area contributed by atoms with Gasteiger partial charge in [0, 0.05) is 20.0 Å². The molecule has 1 aliphatic heterocycles. The van der Waals surface area contributed by atoms with E-state index in [4.69, 9.17) is 4.74 Å². The third kappa shape index (κ3) is 6.99. The van der Waals surface area contributed by atoms with E-state index in [0.29, 0.717) is 19.0 Å². The van der Waals surface area contributed by atoms with Gasteiger partial charge in [-0.05, 0) is 62.3 Å². The molecule has 204 valence electrons. The number of carbonyl (C=O) groups excluding carboxylic acids is 2. The molecule has 0 bridgehead atoms. The Bertz CT molecular complexity index is 1280. The molecule has 2 fully saturated rings. The minimum Gasteiger partial charge on any atom is -0.463 e. The number of para-hydroxylation sites is 2. The van der Waals surface area contributed by atoms with Crippen LogP contribution in [-0.2, 0) is 20.7 Å². The van der Waals surface area contributed by atoms with Crippen LogP contribution in [0.1, 0.15) is 48.1 Å². The topological polar surface area (TPSA) is 70.7 Å². The number of hydrogen-bond acceptors (Lipinski definition) is 5. The molecule has 1 saturated heterocycles. The SMILES string of the molecule is CC(=O)N1CC(C(=O)OC[C@H](Cc2ccc(C)cc2)Nc2ccccc2NC(c2ccc(C)cc2)C2CC2)C1. The summed E-state index contributed by atoms with van der Waals surface area (Å²) in [5.41, 5.74) is 7.01. The lowest BCUT2D eigenvalue weighted by molar-refractivity contribution is -0.157. The maximum Gasteiger partial charge on any atom is 0.312 e. The Balaban J connectivity index is 1.30. The molecule has 2 N–H and O–H groups in total. The van der Waals surface area contributed by atoms with Crippen molar-refractivity contribution < 1.29 is 14.3 Å². The normalized spacial score (nSPS) is 16.6. The maximum absolute atomic E-state index is 12.7. The molecule has 1 saturated carbocycles. The van der Waals surface area contributed by atoms with Gasteiger partial charge in [-0.2, -0.15) is 0 Å². The van der Waals surface area contributed by atoms with Crippen LogP contribution in [0.5, 0.6) is 0 Å². The summed E-state index contributed by atoms with van der Waals surface area (Å²) in [6.07, 6.45) is 3.18. The number of nitrogens with one attached hydrogen (secondary N) is 2. The average Bonchev–Trinajstić information content (AvgIpc) is 3.73. The molecule has 0 aromatic heterocycles. The Morgan fingerprint density at radius 2 is 1.46 bits per heavy atom. The van der Waals surface area contributed by atoms with E-state index in [1.54, 1.807) is 4.90 Å². The van der Waals surface area contributed by atoms with E-state index in [1.807, 2.05) is 6.07 Å². The van der Waals surface area contributed by atoms with Crippen LogP contribution < -0.4 is 10.6 Å². The number of nitrogens with zero attached hydrogens (tertiary/aromatic N) is 1. The second kappa shape index (κ2) is 11.9. The summed E-state index contributed by atoms with van der Waals surface area (Å²) >= 11 is 0. The number of carbonyl (C=O) groups is 2. The Hall–Kier alpha value is -3.80. The zero-order valence-electron chi connectivity index (χ0n) is 23.2. The molecular weight excluding hydrogens is 486 g/mol. The zero-order chi connectivity index (χ0) is 27.4. The van der Waals surface area contributed by atoms with Gasteiger partial charge in [-0.25, -0.2) is 0 Å². The molecule has 3 aromatic rings. The van der Waals surface area contributed by atoms with Gasteiger partial charge < -0.3 is 20.3 Å². The molecule has 3 aromatic carbocycles. The second-order valence-corrected chi connectivity index (χ2v) is 11.2. The summed E-state index contributed by atoms with van der Waals surface area (Å²) in [5.74, 6) is 0.152. The summed E-state index contributed by atoms with van der Waals surface area (Å²) < 4.78 is 5.79. The number of benzene rings is 3. The van der Waals surface area contributed by atoms with E-state index >= 15 is 0 Å². The van der Waals surface area contributed by atoms with Crippen molar-refractivity contribution in [2.75, 3.05) is 30.3 Å². The number of amides is 1. The maximum atomic E-state index is 12.7. The van der Waals surface area contributed by atoms with E-state index in [1.165, 1.54) is 42.0 Å². The van der Waals surface area contributed by atoms with E-state index in [9.17, 15) is 9.59 Å². The lowest BCUT2D eigenvalue weighted by atomic mass is 10.00. The monoisotopic (exact) mass is 525 g/mol. The first-order valence-electron chi connectivity index (χ1n) is 14.0. The number of hydrogen-bond donors (Lipinski definition) is 2. The van der Waals surface area contributed by atoms with Crippen LogP contribution in [0.3, 0.4) is 0 Å². The van der Waals surface area contributed by atoms with Crippen LogP contribution in [0.25, 0.3) is 0 Å². The molecule has 2 aliphatic rings. The van der Waals surface area contributed by atoms with Crippen molar-refractivity contribution in [3.63, 3.8) is 0 Å². The van der Waals surface area contributed by atoms with Crippen molar-refractivity contribution in [2.45, 2.75) is 52.1 Å². The third-order valence-electron chi connectivity index (χ3n) is 7.82. The van der Waals surface area contributed by atoms with Gasteiger partial charge in [-0.1, -0.05) is 71.8 Å². The molecule has 2 atom stereocenters. The second-order valence-electron chi connectivity index (χ2n) is 11.2. The van der Waals surface area contributed by atoms with Gasteiger partial charge in [0.1, 0.15) is 6.61 Å². The average molecular weight is 526 g/mol. The molecule has 1 heterocycles. The molecule has 0 radical (unpaired) electrons. The van der Waals surface area contributed by atoms with E-state index in [0.717, 1.165) is 17.8 Å². The highest BCUT2D eigenvalue weighted by atomic mass is 16.5. The first-order chi connectivity index (χ1) is 18.9. The Kier molecular flexibility index (Phi) is 8.20. The minimum absolute atomic E-state index is 0.00258. The van der Waals surface area contributed by atoms with Gasteiger partial charge in [0.2, 0.25) is 5.91 Å². The van der Waals surface area contributed by atoms with Crippen molar-refractivity contribution in [3.8, 4) is 0 Å². The summed E-state index contributed by atoms with van der Waals surface area (Å²) in [6.45, 7) is 6.87. The number of likely N-dealkylation sites (tertiary alicyclic amines) is 1. The van der Waals surface area contributed by atoms with Gasteiger partial charge in [-0.15, -0.1) is 0 Å². The highest BCUT2D eigenvalue weighted by molar-refractivity contribution is 5.80. The van der Waals surface area contributed by atoms with Crippen molar-refractivity contribution in [1.29, 1.82) is 0 Å². The van der Waals surface area contributed by atoms with Gasteiger partial charge in [0.25, 0.3) is 0 Å². The van der Waals surface area contributed by atoms with Crippen molar-refractivity contribution >= 4 is 23.3 Å². The Morgan fingerprint density at radius 3 is 2.05 bits per heavy atom. The third-order valence-corrected chi connectivity index (χ3v) is 7.82. The van der Waals surface area contributed by atoms with E-state index < -0.39 is 0 Å². The molecule has 5 rings (SSSR count). The fourth-order valence-electron chi connectivity index (χ4n) is 5.14. The first-order valence-corrected chi connectivity index (χ1v) is 14.0. The first kappa shape index (κ1) is 26.8. The number of anilines is 2. The highest BCUT2D eigenvalue weighted by Crippen LogP contribution is 2.43. The molecule has 1 amide bonds. The quantitative estimate of drug-likeness (QED) is 0.305. The summed E-state index contributed by atoms with van der Waals surface area (Å²) in [7, 11) is 0. The molecular formula is C33H39N3O3. The molecule has 6 nitrogen and oxygen atoms in total. The van der Waals surface area contributed by atoms with E-state index in [2.05, 4.69) is 91.2 Å². The summed E-state index contributed by atoms with van der Waals surface area (Å²) in [6, 6.07) is 25.7. The lowest BCUT2D eigenvalue weighted by Gasteiger charge is -2.37. The van der Waals surface area contributed by atoms with Crippen LogP contribution in [0.15, 0.2) is 72.8 Å². The number of rotatable bonds is 11. The van der Waals surface area contributed by atoms with Crippen molar-refractivity contribution in [1.82, 2.24) is 4.90 Å². The highest BCUT2D eigenvalue weighted by Gasteiger charge is 2.36. The standard InChI is InChI=1S/C33H39N3O3/c1-22-8-12-25(13-9-22)18-29(21-39-33(38)28-19-36(20-28)24(3)37)34-30-6-4-5-7-31(30)35-32(27-16-17-27)26-14-10-23(2)11-15-26/h4-15,27-29,32,34-35H,16-21H2,1-3H3/t29-,32?/m0/s1. The van der Waals surface area contributed by atoms with Crippen LogP contribution >= 0.6 is 0 Å².